The van der Waals surface area contributed by atoms with E-state index in [1.165, 1.54) is 0 Å². The molecular formula is C20H30N6O3S. The van der Waals surface area contributed by atoms with Crippen molar-refractivity contribution in [1.29, 1.82) is 0 Å². The molecule has 0 saturated carbocycles. The van der Waals surface area contributed by atoms with Crippen LogP contribution in [0.25, 0.3) is 0 Å². The molecular weight excluding hydrogens is 404 g/mol. The molecule has 2 aliphatic rings. The van der Waals surface area contributed by atoms with Crippen LogP contribution in [0.4, 0.5) is 0 Å². The summed E-state index contributed by atoms with van der Waals surface area (Å²) in [5.41, 5.74) is 0.972. The quantitative estimate of drug-likeness (QED) is 0.305. The van der Waals surface area contributed by atoms with Gasteiger partial charge < -0.3 is 26.0 Å². The van der Waals surface area contributed by atoms with E-state index in [1.807, 2.05) is 12.1 Å². The van der Waals surface area contributed by atoms with Gasteiger partial charge in [0.15, 0.2) is 5.11 Å². The number of piperazine rings is 1. The molecule has 3 rings (SSSR count). The fraction of sp³-hybridized carbons (Fsp3) is 0.600. The Hall–Kier alpha value is -2.30. The molecule has 2 saturated heterocycles. The number of fused-ring (bicyclic) bond motifs is 1. The van der Waals surface area contributed by atoms with Gasteiger partial charge in [-0.2, -0.15) is 0 Å². The topological polar surface area (TPSA) is 108 Å². The average Bonchev–Trinajstić information content (AvgIpc) is 3.17. The monoisotopic (exact) mass is 434 g/mol. The number of aromatic nitrogens is 1. The molecule has 9 nitrogen and oxygen atoms in total. The van der Waals surface area contributed by atoms with Gasteiger partial charge in [0.2, 0.25) is 11.8 Å². The maximum atomic E-state index is 12.3. The van der Waals surface area contributed by atoms with Gasteiger partial charge in [0.25, 0.3) is 0 Å². The van der Waals surface area contributed by atoms with Crippen molar-refractivity contribution in [1.82, 2.24) is 31.2 Å². The largest absolute Gasteiger partial charge is 0.383 e. The molecule has 1 aromatic rings. The van der Waals surface area contributed by atoms with E-state index in [2.05, 4.69) is 31.2 Å². The van der Waals surface area contributed by atoms with Gasteiger partial charge in [-0.3, -0.25) is 19.5 Å². The van der Waals surface area contributed by atoms with Crippen LogP contribution in [0, 0.1) is 0 Å². The van der Waals surface area contributed by atoms with Crippen LogP contribution in [-0.2, 0) is 20.9 Å². The summed E-state index contributed by atoms with van der Waals surface area (Å²) in [6.07, 6.45) is 5.26. The van der Waals surface area contributed by atoms with E-state index in [0.717, 1.165) is 12.1 Å². The standard InChI is InChI=1S/C20H30N6O3S/c1-29-8-7-22-20(30)25-15-9-17-19(28)24-12-16(26(17)13-15)4-5-18(27)23-11-14-3-2-6-21-10-14/h2-3,6,10,15-17H,4-5,7-9,11-13H2,1H3,(H,23,27)(H,24,28)(H2,22,25,30)/t15-,16-,17+/m1/s1. The smallest absolute Gasteiger partial charge is 0.237 e. The van der Waals surface area contributed by atoms with Gasteiger partial charge in [0.1, 0.15) is 0 Å². The van der Waals surface area contributed by atoms with Crippen LogP contribution < -0.4 is 21.3 Å². The van der Waals surface area contributed by atoms with Gasteiger partial charge in [0.05, 0.1) is 12.6 Å². The minimum absolute atomic E-state index is 0.00435. The van der Waals surface area contributed by atoms with Gasteiger partial charge >= 0.3 is 0 Å². The molecule has 2 amide bonds. The summed E-state index contributed by atoms with van der Waals surface area (Å²) in [5, 5.41) is 12.9. The molecule has 0 unspecified atom stereocenters. The Morgan fingerprint density at radius 3 is 3.07 bits per heavy atom. The molecule has 0 aliphatic carbocycles. The third kappa shape index (κ3) is 6.35. The SMILES string of the molecule is COCCNC(=S)N[C@@H]1C[C@H]2C(=O)NC[C@@H](CCC(=O)NCc3cccnc3)N2C1. The van der Waals surface area contributed by atoms with Crippen LogP contribution >= 0.6 is 12.2 Å². The molecule has 3 atom stereocenters. The van der Waals surface area contributed by atoms with Crippen molar-refractivity contribution in [3.05, 3.63) is 30.1 Å². The maximum Gasteiger partial charge on any atom is 0.237 e. The van der Waals surface area contributed by atoms with E-state index in [1.54, 1.807) is 19.5 Å². The van der Waals surface area contributed by atoms with Gasteiger partial charge in [-0.05, 0) is 36.7 Å². The zero-order valence-corrected chi connectivity index (χ0v) is 18.0. The highest BCUT2D eigenvalue weighted by molar-refractivity contribution is 7.80. The summed E-state index contributed by atoms with van der Waals surface area (Å²) >= 11 is 5.33. The zero-order chi connectivity index (χ0) is 21.3. The third-order valence-electron chi connectivity index (χ3n) is 5.47. The normalized spacial score (nSPS) is 23.4. The van der Waals surface area contributed by atoms with E-state index in [4.69, 9.17) is 17.0 Å². The van der Waals surface area contributed by atoms with Gasteiger partial charge in [-0.25, -0.2) is 0 Å². The van der Waals surface area contributed by atoms with Crippen molar-refractivity contribution in [3.63, 3.8) is 0 Å². The van der Waals surface area contributed by atoms with E-state index in [-0.39, 0.29) is 29.9 Å². The zero-order valence-electron chi connectivity index (χ0n) is 17.2. The van der Waals surface area contributed by atoms with Crippen molar-refractivity contribution >= 4 is 29.1 Å². The lowest BCUT2D eigenvalue weighted by atomic mass is 10.0. The Morgan fingerprint density at radius 2 is 2.30 bits per heavy atom. The molecule has 2 fully saturated rings. The summed E-state index contributed by atoms with van der Waals surface area (Å²) in [6.45, 7) is 2.98. The van der Waals surface area contributed by atoms with Crippen LogP contribution in [0.1, 0.15) is 24.8 Å². The molecule has 10 heteroatoms. The fourth-order valence-electron chi connectivity index (χ4n) is 3.94. The Labute approximate surface area is 182 Å². The van der Waals surface area contributed by atoms with E-state index < -0.39 is 0 Å². The molecule has 1 aromatic heterocycles. The summed E-state index contributed by atoms with van der Waals surface area (Å²) in [6, 6.07) is 3.84. The first-order chi connectivity index (χ1) is 14.6. The summed E-state index contributed by atoms with van der Waals surface area (Å²) < 4.78 is 5.01. The molecule has 0 aromatic carbocycles. The molecule has 0 bridgehead atoms. The number of rotatable bonds is 9. The lowest BCUT2D eigenvalue weighted by molar-refractivity contribution is -0.129. The Morgan fingerprint density at radius 1 is 1.43 bits per heavy atom. The number of nitrogens with one attached hydrogen (secondary N) is 4. The molecule has 164 valence electrons. The Balaban J connectivity index is 1.45. The third-order valence-corrected chi connectivity index (χ3v) is 5.73. The predicted molar refractivity (Wildman–Crippen MR) is 117 cm³/mol. The maximum absolute atomic E-state index is 12.3. The second-order valence-corrected chi connectivity index (χ2v) is 8.02. The number of amides is 2. The molecule has 2 aliphatic heterocycles. The number of ether oxygens (including phenoxy) is 1. The van der Waals surface area contributed by atoms with Gasteiger partial charge in [-0.1, -0.05) is 6.07 Å². The van der Waals surface area contributed by atoms with Crippen LogP contribution in [0.3, 0.4) is 0 Å². The van der Waals surface area contributed by atoms with Crippen LogP contribution in [0.5, 0.6) is 0 Å². The number of methoxy groups -OCH3 is 1. The number of pyridine rings is 1. The number of hydrogen-bond donors (Lipinski definition) is 4. The van der Waals surface area contributed by atoms with Crippen molar-refractivity contribution in [2.75, 3.05) is 33.4 Å². The first kappa shape index (κ1) is 22.4. The highest BCUT2D eigenvalue weighted by Gasteiger charge is 2.43. The van der Waals surface area contributed by atoms with Crippen molar-refractivity contribution < 1.29 is 14.3 Å². The number of thiocarbonyl (C=S) groups is 1. The van der Waals surface area contributed by atoms with Crippen molar-refractivity contribution in [2.24, 2.45) is 0 Å². The van der Waals surface area contributed by atoms with E-state index in [0.29, 0.717) is 50.6 Å². The fourth-order valence-corrected chi connectivity index (χ4v) is 4.21. The van der Waals surface area contributed by atoms with Crippen LogP contribution in [0.15, 0.2) is 24.5 Å². The molecule has 0 radical (unpaired) electrons. The van der Waals surface area contributed by atoms with Gasteiger partial charge in [-0.15, -0.1) is 0 Å². The number of carbonyl (C=O) groups excluding carboxylic acids is 2. The van der Waals surface area contributed by atoms with Crippen molar-refractivity contribution in [2.45, 2.75) is 43.9 Å². The minimum atomic E-state index is -0.179. The second kappa shape index (κ2) is 11.2. The number of hydrogen-bond acceptors (Lipinski definition) is 6. The van der Waals surface area contributed by atoms with Crippen LogP contribution in [0.2, 0.25) is 0 Å². The molecule has 3 heterocycles. The first-order valence-corrected chi connectivity index (χ1v) is 10.7. The highest BCUT2D eigenvalue weighted by atomic mass is 32.1. The lowest BCUT2D eigenvalue weighted by Crippen LogP contribution is -2.58. The van der Waals surface area contributed by atoms with Gasteiger partial charge in [0, 0.05) is 64.2 Å². The highest BCUT2D eigenvalue weighted by Crippen LogP contribution is 2.25. The van der Waals surface area contributed by atoms with Crippen molar-refractivity contribution in [3.8, 4) is 0 Å². The predicted octanol–water partition coefficient (Wildman–Crippen LogP) is -0.470. The van der Waals surface area contributed by atoms with E-state index in [9.17, 15) is 9.59 Å². The first-order valence-electron chi connectivity index (χ1n) is 10.3. The Bertz CT molecular complexity index is 735. The van der Waals surface area contributed by atoms with Crippen LogP contribution in [-0.4, -0.2) is 78.3 Å². The Kier molecular flexibility index (Phi) is 8.35. The average molecular weight is 435 g/mol. The lowest BCUT2D eigenvalue weighted by Gasteiger charge is -2.37. The minimum Gasteiger partial charge on any atom is -0.383 e. The second-order valence-electron chi connectivity index (χ2n) is 7.61. The summed E-state index contributed by atoms with van der Waals surface area (Å²) in [4.78, 5) is 30.9. The number of carbonyl (C=O) groups is 2. The molecule has 0 spiro atoms. The number of nitrogens with zero attached hydrogens (tertiary/aromatic N) is 2. The molecule has 30 heavy (non-hydrogen) atoms. The molecule has 4 N–H and O–H groups in total. The summed E-state index contributed by atoms with van der Waals surface area (Å²) in [5.74, 6) is 0.0551. The van der Waals surface area contributed by atoms with E-state index >= 15 is 0 Å². The summed E-state index contributed by atoms with van der Waals surface area (Å²) in [7, 11) is 1.64.